The van der Waals surface area contributed by atoms with Crippen LogP contribution in [0.25, 0.3) is 0 Å². The first kappa shape index (κ1) is 14.0. The van der Waals surface area contributed by atoms with Gasteiger partial charge in [0.05, 0.1) is 5.92 Å². The van der Waals surface area contributed by atoms with E-state index < -0.39 is 5.97 Å². The van der Waals surface area contributed by atoms with Crippen LogP contribution < -0.4 is 10.6 Å². The standard InChI is InChI=1S/C12H22N2O3/c1-2-13-8-7-11(15)14-10-5-3-9(4-6-10)12(16)17/h9-10,13H,2-8H2,1H3,(H,14,15)(H,16,17). The average Bonchev–Trinajstić information content (AvgIpc) is 2.30. The van der Waals surface area contributed by atoms with Gasteiger partial charge >= 0.3 is 5.97 Å². The second-order valence-electron chi connectivity index (χ2n) is 4.56. The zero-order chi connectivity index (χ0) is 12.7. The summed E-state index contributed by atoms with van der Waals surface area (Å²) >= 11 is 0. The fourth-order valence-electron chi connectivity index (χ4n) is 2.16. The highest BCUT2D eigenvalue weighted by atomic mass is 16.4. The summed E-state index contributed by atoms with van der Waals surface area (Å²) in [4.78, 5) is 22.3. The van der Waals surface area contributed by atoms with Crippen molar-refractivity contribution in [1.82, 2.24) is 10.6 Å². The Kier molecular flexibility index (Phi) is 5.97. The van der Waals surface area contributed by atoms with E-state index in [1.54, 1.807) is 0 Å². The van der Waals surface area contributed by atoms with Crippen LogP contribution in [0.5, 0.6) is 0 Å². The first-order valence-electron chi connectivity index (χ1n) is 6.36. The van der Waals surface area contributed by atoms with E-state index in [0.29, 0.717) is 25.8 Å². The average molecular weight is 242 g/mol. The van der Waals surface area contributed by atoms with E-state index in [4.69, 9.17) is 5.11 Å². The lowest BCUT2D eigenvalue weighted by atomic mass is 9.86. The highest BCUT2D eigenvalue weighted by Gasteiger charge is 2.26. The molecule has 1 saturated carbocycles. The van der Waals surface area contributed by atoms with Crippen molar-refractivity contribution in [2.75, 3.05) is 13.1 Å². The second kappa shape index (κ2) is 7.27. The zero-order valence-electron chi connectivity index (χ0n) is 10.4. The van der Waals surface area contributed by atoms with Crippen molar-refractivity contribution >= 4 is 11.9 Å². The van der Waals surface area contributed by atoms with E-state index in [1.807, 2.05) is 6.92 Å². The van der Waals surface area contributed by atoms with Crippen molar-refractivity contribution in [3.63, 3.8) is 0 Å². The molecule has 5 heteroatoms. The molecule has 0 heterocycles. The SMILES string of the molecule is CCNCCC(=O)NC1CCC(C(=O)O)CC1. The van der Waals surface area contributed by atoms with Crippen molar-refractivity contribution in [3.05, 3.63) is 0 Å². The molecule has 1 fully saturated rings. The summed E-state index contributed by atoms with van der Waals surface area (Å²) in [6, 6.07) is 0.166. The summed E-state index contributed by atoms with van der Waals surface area (Å²) in [6.07, 6.45) is 3.40. The molecule has 3 N–H and O–H groups in total. The summed E-state index contributed by atoms with van der Waals surface area (Å²) in [6.45, 7) is 3.58. The molecule has 0 aliphatic heterocycles. The van der Waals surface area contributed by atoms with Crippen LogP contribution in [0.1, 0.15) is 39.0 Å². The van der Waals surface area contributed by atoms with Gasteiger partial charge in [0.1, 0.15) is 0 Å². The molecule has 98 valence electrons. The fraction of sp³-hybridized carbons (Fsp3) is 0.833. The number of carboxylic acid groups (broad SMARTS) is 1. The van der Waals surface area contributed by atoms with Crippen LogP contribution in [0.2, 0.25) is 0 Å². The lowest BCUT2D eigenvalue weighted by Gasteiger charge is -2.26. The van der Waals surface area contributed by atoms with Crippen molar-refractivity contribution in [3.8, 4) is 0 Å². The monoisotopic (exact) mass is 242 g/mol. The number of nitrogens with one attached hydrogen (secondary N) is 2. The Morgan fingerprint density at radius 3 is 2.41 bits per heavy atom. The number of carbonyl (C=O) groups is 2. The molecule has 0 aromatic rings. The van der Waals surface area contributed by atoms with E-state index in [-0.39, 0.29) is 17.9 Å². The normalized spacial score (nSPS) is 24.3. The lowest BCUT2D eigenvalue weighted by molar-refractivity contribution is -0.142. The van der Waals surface area contributed by atoms with Crippen LogP contribution >= 0.6 is 0 Å². The second-order valence-corrected chi connectivity index (χ2v) is 4.56. The molecule has 1 amide bonds. The minimum Gasteiger partial charge on any atom is -0.481 e. The maximum atomic E-state index is 11.5. The molecule has 5 nitrogen and oxygen atoms in total. The van der Waals surface area contributed by atoms with Crippen LogP contribution in [-0.2, 0) is 9.59 Å². The van der Waals surface area contributed by atoms with Gasteiger partial charge in [0.2, 0.25) is 5.91 Å². The minimum atomic E-state index is -0.707. The van der Waals surface area contributed by atoms with Crippen LogP contribution in [0.15, 0.2) is 0 Å². The molecule has 0 bridgehead atoms. The number of hydrogen-bond acceptors (Lipinski definition) is 3. The van der Waals surface area contributed by atoms with Crippen LogP contribution in [0.3, 0.4) is 0 Å². The Hall–Kier alpha value is -1.10. The molecule has 0 aromatic heterocycles. The third-order valence-corrected chi connectivity index (χ3v) is 3.22. The molecule has 0 unspecified atom stereocenters. The van der Waals surface area contributed by atoms with Gasteiger partial charge in [-0.2, -0.15) is 0 Å². The molecular formula is C12H22N2O3. The van der Waals surface area contributed by atoms with Gasteiger partial charge in [-0.15, -0.1) is 0 Å². The molecule has 1 aliphatic carbocycles. The first-order chi connectivity index (χ1) is 8.13. The lowest BCUT2D eigenvalue weighted by Crippen LogP contribution is -2.39. The molecule has 0 atom stereocenters. The molecule has 0 saturated heterocycles. The van der Waals surface area contributed by atoms with E-state index >= 15 is 0 Å². The predicted octanol–water partition coefficient (Wildman–Crippen LogP) is 0.746. The molecule has 0 aromatic carbocycles. The highest BCUT2D eigenvalue weighted by molar-refractivity contribution is 5.76. The fourth-order valence-corrected chi connectivity index (χ4v) is 2.16. The van der Waals surface area contributed by atoms with E-state index in [9.17, 15) is 9.59 Å². The van der Waals surface area contributed by atoms with Crippen molar-refractivity contribution in [1.29, 1.82) is 0 Å². The number of hydrogen-bond donors (Lipinski definition) is 3. The Morgan fingerprint density at radius 1 is 1.24 bits per heavy atom. The van der Waals surface area contributed by atoms with Crippen LogP contribution in [0, 0.1) is 5.92 Å². The summed E-state index contributed by atoms with van der Waals surface area (Å²) in [7, 11) is 0. The van der Waals surface area contributed by atoms with Gasteiger partial charge in [0.15, 0.2) is 0 Å². The number of aliphatic carboxylic acids is 1. The Morgan fingerprint density at radius 2 is 1.88 bits per heavy atom. The Bertz CT molecular complexity index is 260. The first-order valence-corrected chi connectivity index (χ1v) is 6.36. The van der Waals surface area contributed by atoms with Gasteiger partial charge in [0.25, 0.3) is 0 Å². The molecule has 0 radical (unpaired) electrons. The third kappa shape index (κ3) is 5.17. The van der Waals surface area contributed by atoms with Gasteiger partial charge in [-0.25, -0.2) is 0 Å². The van der Waals surface area contributed by atoms with Crippen molar-refractivity contribution in [2.45, 2.75) is 45.1 Å². The number of carbonyl (C=O) groups excluding carboxylic acids is 1. The Labute approximate surface area is 102 Å². The van der Waals surface area contributed by atoms with Gasteiger partial charge in [-0.1, -0.05) is 6.92 Å². The minimum absolute atomic E-state index is 0.0599. The van der Waals surface area contributed by atoms with E-state index in [0.717, 1.165) is 19.4 Å². The smallest absolute Gasteiger partial charge is 0.306 e. The molecule has 17 heavy (non-hydrogen) atoms. The van der Waals surface area contributed by atoms with E-state index in [2.05, 4.69) is 10.6 Å². The molecular weight excluding hydrogens is 220 g/mol. The summed E-state index contributed by atoms with van der Waals surface area (Å²) in [5.74, 6) is -0.864. The Balaban J connectivity index is 2.17. The summed E-state index contributed by atoms with van der Waals surface area (Å²) in [5, 5.41) is 14.9. The largest absolute Gasteiger partial charge is 0.481 e. The van der Waals surface area contributed by atoms with Crippen molar-refractivity contribution < 1.29 is 14.7 Å². The predicted molar refractivity (Wildman–Crippen MR) is 64.7 cm³/mol. The van der Waals surface area contributed by atoms with Crippen LogP contribution in [0.4, 0.5) is 0 Å². The number of carboxylic acids is 1. The topological polar surface area (TPSA) is 78.4 Å². The maximum Gasteiger partial charge on any atom is 0.306 e. The zero-order valence-corrected chi connectivity index (χ0v) is 10.4. The quantitative estimate of drug-likeness (QED) is 0.600. The van der Waals surface area contributed by atoms with Crippen molar-refractivity contribution in [2.24, 2.45) is 5.92 Å². The molecule has 1 rings (SSSR count). The van der Waals surface area contributed by atoms with Gasteiger partial charge < -0.3 is 15.7 Å². The highest BCUT2D eigenvalue weighted by Crippen LogP contribution is 2.24. The molecule has 0 spiro atoms. The van der Waals surface area contributed by atoms with Gasteiger partial charge in [-0.3, -0.25) is 9.59 Å². The van der Waals surface area contributed by atoms with Crippen LogP contribution in [-0.4, -0.2) is 36.1 Å². The third-order valence-electron chi connectivity index (χ3n) is 3.22. The maximum absolute atomic E-state index is 11.5. The molecule has 1 aliphatic rings. The number of amides is 1. The van der Waals surface area contributed by atoms with Gasteiger partial charge in [0, 0.05) is 19.0 Å². The summed E-state index contributed by atoms with van der Waals surface area (Å²) < 4.78 is 0. The summed E-state index contributed by atoms with van der Waals surface area (Å²) in [5.41, 5.74) is 0. The van der Waals surface area contributed by atoms with E-state index in [1.165, 1.54) is 0 Å². The number of rotatable bonds is 6. The van der Waals surface area contributed by atoms with Gasteiger partial charge in [-0.05, 0) is 32.2 Å².